The molecule has 0 saturated heterocycles. The van der Waals surface area contributed by atoms with E-state index in [1.54, 1.807) is 0 Å². The standard InChI is InChI=1S/C15H19ClN2O/c1-10(2)11(3)17-15(19)9-18-8-7-12-13(16)5-4-6-14(12)18/h4-8,10-11H,9H2,1-3H3,(H,17,19). The Balaban J connectivity index is 2.14. The summed E-state index contributed by atoms with van der Waals surface area (Å²) in [5.41, 5.74) is 0.986. The first kappa shape index (κ1) is 13.9. The number of carbonyl (C=O) groups is 1. The Bertz CT molecular complexity index is 589. The van der Waals surface area contributed by atoms with Gasteiger partial charge in [-0.2, -0.15) is 0 Å². The average Bonchev–Trinajstić information content (AvgIpc) is 2.73. The van der Waals surface area contributed by atoms with E-state index in [-0.39, 0.29) is 11.9 Å². The Kier molecular flexibility index (Phi) is 4.15. The van der Waals surface area contributed by atoms with Crippen molar-refractivity contribution in [3.05, 3.63) is 35.5 Å². The van der Waals surface area contributed by atoms with Crippen molar-refractivity contribution >= 4 is 28.4 Å². The van der Waals surface area contributed by atoms with E-state index >= 15 is 0 Å². The van der Waals surface area contributed by atoms with Gasteiger partial charge in [-0.05, 0) is 31.0 Å². The molecule has 1 aromatic heterocycles. The van der Waals surface area contributed by atoms with Crippen molar-refractivity contribution in [2.45, 2.75) is 33.4 Å². The fraction of sp³-hybridized carbons (Fsp3) is 0.400. The number of hydrogen-bond acceptors (Lipinski definition) is 1. The zero-order chi connectivity index (χ0) is 14.0. The highest BCUT2D eigenvalue weighted by Gasteiger charge is 2.12. The molecule has 3 nitrogen and oxygen atoms in total. The van der Waals surface area contributed by atoms with Crippen LogP contribution in [0.3, 0.4) is 0 Å². The molecule has 1 amide bonds. The lowest BCUT2D eigenvalue weighted by molar-refractivity contribution is -0.122. The second kappa shape index (κ2) is 5.66. The zero-order valence-corrected chi connectivity index (χ0v) is 12.2. The normalized spacial score (nSPS) is 12.9. The number of halogens is 1. The number of amides is 1. The summed E-state index contributed by atoms with van der Waals surface area (Å²) in [5.74, 6) is 0.457. The molecule has 0 radical (unpaired) electrons. The first-order valence-electron chi connectivity index (χ1n) is 6.51. The summed E-state index contributed by atoms with van der Waals surface area (Å²) in [6.45, 7) is 6.53. The zero-order valence-electron chi connectivity index (χ0n) is 11.5. The molecular formula is C15H19ClN2O. The fourth-order valence-corrected chi connectivity index (χ4v) is 2.18. The Morgan fingerprint density at radius 2 is 2.05 bits per heavy atom. The van der Waals surface area contributed by atoms with Crippen molar-refractivity contribution in [2.75, 3.05) is 0 Å². The Hall–Kier alpha value is -1.48. The summed E-state index contributed by atoms with van der Waals surface area (Å²) in [4.78, 5) is 12.0. The fourth-order valence-electron chi connectivity index (χ4n) is 1.94. The molecular weight excluding hydrogens is 260 g/mol. The smallest absolute Gasteiger partial charge is 0.240 e. The van der Waals surface area contributed by atoms with E-state index in [4.69, 9.17) is 11.6 Å². The Labute approximate surface area is 118 Å². The minimum atomic E-state index is 0.0266. The molecule has 1 aromatic carbocycles. The third kappa shape index (κ3) is 3.10. The van der Waals surface area contributed by atoms with Crippen LogP contribution < -0.4 is 5.32 Å². The molecule has 1 atom stereocenters. The largest absolute Gasteiger partial charge is 0.352 e. The second-order valence-corrected chi connectivity index (χ2v) is 5.62. The van der Waals surface area contributed by atoms with Crippen LogP contribution in [0.4, 0.5) is 0 Å². The molecule has 0 bridgehead atoms. The molecule has 4 heteroatoms. The molecule has 0 saturated carbocycles. The SMILES string of the molecule is CC(C)C(C)NC(=O)Cn1ccc2c(Cl)cccc21. The van der Waals surface area contributed by atoms with Crippen LogP contribution >= 0.6 is 11.6 Å². The van der Waals surface area contributed by atoms with Gasteiger partial charge in [0.2, 0.25) is 5.91 Å². The second-order valence-electron chi connectivity index (χ2n) is 5.22. The first-order chi connectivity index (χ1) is 8.99. The summed E-state index contributed by atoms with van der Waals surface area (Å²) in [5, 5.41) is 4.70. The van der Waals surface area contributed by atoms with Crippen molar-refractivity contribution < 1.29 is 4.79 Å². The topological polar surface area (TPSA) is 34.0 Å². The summed E-state index contributed by atoms with van der Waals surface area (Å²) in [6, 6.07) is 7.85. The van der Waals surface area contributed by atoms with E-state index < -0.39 is 0 Å². The van der Waals surface area contributed by atoms with Crippen molar-refractivity contribution in [3.63, 3.8) is 0 Å². The molecule has 19 heavy (non-hydrogen) atoms. The number of aromatic nitrogens is 1. The number of nitrogens with one attached hydrogen (secondary N) is 1. The first-order valence-corrected chi connectivity index (χ1v) is 6.89. The molecule has 0 aliphatic heterocycles. The van der Waals surface area contributed by atoms with Crippen LogP contribution in [-0.4, -0.2) is 16.5 Å². The van der Waals surface area contributed by atoms with E-state index in [0.717, 1.165) is 10.9 Å². The molecule has 0 spiro atoms. The van der Waals surface area contributed by atoms with Gasteiger partial charge < -0.3 is 9.88 Å². The predicted molar refractivity (Wildman–Crippen MR) is 79.4 cm³/mol. The van der Waals surface area contributed by atoms with Gasteiger partial charge in [-0.15, -0.1) is 0 Å². The molecule has 1 heterocycles. The highest BCUT2D eigenvalue weighted by Crippen LogP contribution is 2.24. The molecule has 2 aromatic rings. The average molecular weight is 279 g/mol. The van der Waals surface area contributed by atoms with Gasteiger partial charge in [-0.25, -0.2) is 0 Å². The van der Waals surface area contributed by atoms with Crippen LogP contribution in [0.15, 0.2) is 30.5 Å². The van der Waals surface area contributed by atoms with Crippen LogP contribution in [0.1, 0.15) is 20.8 Å². The minimum absolute atomic E-state index is 0.0266. The van der Waals surface area contributed by atoms with E-state index in [2.05, 4.69) is 19.2 Å². The third-order valence-electron chi connectivity index (χ3n) is 3.46. The van der Waals surface area contributed by atoms with Gasteiger partial charge in [0.1, 0.15) is 6.54 Å². The number of hydrogen-bond donors (Lipinski definition) is 1. The number of nitrogens with zero attached hydrogens (tertiary/aromatic N) is 1. The predicted octanol–water partition coefficient (Wildman–Crippen LogP) is 3.46. The molecule has 0 aliphatic rings. The summed E-state index contributed by atoms with van der Waals surface area (Å²) in [6.07, 6.45) is 1.90. The van der Waals surface area contributed by atoms with Crippen LogP contribution in [0.25, 0.3) is 10.9 Å². The maximum Gasteiger partial charge on any atom is 0.240 e. The molecule has 0 aliphatic carbocycles. The Morgan fingerprint density at radius 1 is 1.32 bits per heavy atom. The van der Waals surface area contributed by atoms with Gasteiger partial charge in [0.15, 0.2) is 0 Å². The van der Waals surface area contributed by atoms with E-state index in [0.29, 0.717) is 17.5 Å². The minimum Gasteiger partial charge on any atom is -0.352 e. The quantitative estimate of drug-likeness (QED) is 0.913. The van der Waals surface area contributed by atoms with Gasteiger partial charge in [-0.3, -0.25) is 4.79 Å². The van der Waals surface area contributed by atoms with Gasteiger partial charge in [0.25, 0.3) is 0 Å². The molecule has 1 unspecified atom stereocenters. The number of carbonyl (C=O) groups excluding carboxylic acids is 1. The van der Waals surface area contributed by atoms with E-state index in [1.807, 2.05) is 42.0 Å². The Morgan fingerprint density at radius 3 is 2.74 bits per heavy atom. The maximum atomic E-state index is 12.0. The summed E-state index contributed by atoms with van der Waals surface area (Å²) >= 11 is 6.12. The third-order valence-corrected chi connectivity index (χ3v) is 3.79. The highest BCUT2D eigenvalue weighted by molar-refractivity contribution is 6.35. The number of rotatable bonds is 4. The van der Waals surface area contributed by atoms with Crippen molar-refractivity contribution in [1.29, 1.82) is 0 Å². The van der Waals surface area contributed by atoms with Crippen molar-refractivity contribution in [2.24, 2.45) is 5.92 Å². The highest BCUT2D eigenvalue weighted by atomic mass is 35.5. The van der Waals surface area contributed by atoms with Crippen LogP contribution in [0.5, 0.6) is 0 Å². The summed E-state index contributed by atoms with van der Waals surface area (Å²) in [7, 11) is 0. The van der Waals surface area contributed by atoms with Crippen molar-refractivity contribution in [3.8, 4) is 0 Å². The molecule has 2 rings (SSSR count). The van der Waals surface area contributed by atoms with Crippen molar-refractivity contribution in [1.82, 2.24) is 9.88 Å². The molecule has 102 valence electrons. The molecule has 1 N–H and O–H groups in total. The van der Waals surface area contributed by atoms with Gasteiger partial charge in [0.05, 0.1) is 0 Å². The number of benzene rings is 1. The van der Waals surface area contributed by atoms with Crippen LogP contribution in [0.2, 0.25) is 5.02 Å². The van der Waals surface area contributed by atoms with E-state index in [9.17, 15) is 4.79 Å². The van der Waals surface area contributed by atoms with Gasteiger partial charge in [0, 0.05) is 28.2 Å². The lowest BCUT2D eigenvalue weighted by Gasteiger charge is -2.17. The van der Waals surface area contributed by atoms with Gasteiger partial charge in [-0.1, -0.05) is 31.5 Å². The lowest BCUT2D eigenvalue weighted by atomic mass is 10.1. The summed E-state index contributed by atoms with van der Waals surface area (Å²) < 4.78 is 1.92. The maximum absolute atomic E-state index is 12.0. The lowest BCUT2D eigenvalue weighted by Crippen LogP contribution is -2.38. The van der Waals surface area contributed by atoms with E-state index in [1.165, 1.54) is 0 Å². The van der Waals surface area contributed by atoms with Gasteiger partial charge >= 0.3 is 0 Å². The monoisotopic (exact) mass is 278 g/mol. The van der Waals surface area contributed by atoms with Crippen LogP contribution in [-0.2, 0) is 11.3 Å². The molecule has 0 fully saturated rings. The van der Waals surface area contributed by atoms with Crippen LogP contribution in [0, 0.1) is 5.92 Å². The number of fused-ring (bicyclic) bond motifs is 1.